The lowest BCUT2D eigenvalue weighted by Gasteiger charge is -2.08. The molecule has 1 aliphatic rings. The molecule has 1 aromatic rings. The normalized spacial score (nSPS) is 24.0. The van der Waals surface area contributed by atoms with Crippen LogP contribution in [0.4, 0.5) is 0 Å². The molecule has 5 nitrogen and oxygen atoms in total. The average molecular weight is 253 g/mol. The van der Waals surface area contributed by atoms with Gasteiger partial charge in [0.25, 0.3) is 0 Å². The molecule has 0 bridgehead atoms. The number of aryl methyl sites for hydroxylation is 1. The van der Waals surface area contributed by atoms with E-state index in [9.17, 15) is 0 Å². The zero-order valence-electron chi connectivity index (χ0n) is 11.5. The molecule has 2 rings (SSSR count). The first kappa shape index (κ1) is 13.5. The second-order valence-electron chi connectivity index (χ2n) is 5.30. The van der Waals surface area contributed by atoms with Gasteiger partial charge in [0.05, 0.1) is 0 Å². The summed E-state index contributed by atoms with van der Waals surface area (Å²) in [4.78, 5) is 0. The van der Waals surface area contributed by atoms with Crippen molar-refractivity contribution in [2.24, 2.45) is 5.92 Å². The van der Waals surface area contributed by atoms with Crippen molar-refractivity contribution in [3.63, 3.8) is 0 Å². The molecule has 1 fully saturated rings. The monoisotopic (exact) mass is 253 g/mol. The van der Waals surface area contributed by atoms with Crippen LogP contribution in [0, 0.1) is 5.92 Å². The fourth-order valence-corrected chi connectivity index (χ4v) is 2.12. The molecule has 1 N–H and O–H groups in total. The Morgan fingerprint density at radius 3 is 2.89 bits per heavy atom. The molecule has 0 aliphatic carbocycles. The van der Waals surface area contributed by atoms with E-state index in [1.807, 2.05) is 0 Å². The van der Waals surface area contributed by atoms with Gasteiger partial charge in [-0.2, -0.15) is 0 Å². The molecular formula is C13H23N3O2. The van der Waals surface area contributed by atoms with Crippen molar-refractivity contribution in [1.29, 1.82) is 0 Å². The molecule has 2 atom stereocenters. The third kappa shape index (κ3) is 3.53. The number of hydrogen-bond acceptors (Lipinski definition) is 5. The van der Waals surface area contributed by atoms with E-state index in [0.717, 1.165) is 38.3 Å². The lowest BCUT2D eigenvalue weighted by Crippen LogP contribution is -2.23. The van der Waals surface area contributed by atoms with Gasteiger partial charge in [-0.05, 0) is 25.3 Å². The molecular weight excluding hydrogens is 230 g/mol. The van der Waals surface area contributed by atoms with E-state index in [1.54, 1.807) is 0 Å². The van der Waals surface area contributed by atoms with E-state index < -0.39 is 0 Å². The van der Waals surface area contributed by atoms with E-state index >= 15 is 0 Å². The van der Waals surface area contributed by atoms with E-state index in [-0.39, 0.29) is 6.10 Å². The maximum Gasteiger partial charge on any atom is 0.245 e. The Hall–Kier alpha value is -0.940. The van der Waals surface area contributed by atoms with Crippen molar-refractivity contribution >= 4 is 0 Å². The Labute approximate surface area is 108 Å². The largest absolute Gasteiger partial charge is 0.422 e. The van der Waals surface area contributed by atoms with Gasteiger partial charge in [0.15, 0.2) is 0 Å². The second-order valence-corrected chi connectivity index (χ2v) is 5.30. The first-order chi connectivity index (χ1) is 8.66. The van der Waals surface area contributed by atoms with Crippen LogP contribution in [-0.4, -0.2) is 29.4 Å². The van der Waals surface area contributed by atoms with Gasteiger partial charge >= 0.3 is 0 Å². The van der Waals surface area contributed by atoms with E-state index in [0.29, 0.717) is 17.9 Å². The Balaban J connectivity index is 1.79. The smallest absolute Gasteiger partial charge is 0.245 e. The highest BCUT2D eigenvalue weighted by Gasteiger charge is 2.30. The predicted octanol–water partition coefficient (Wildman–Crippen LogP) is 2.10. The molecule has 2 unspecified atom stereocenters. The molecule has 0 spiro atoms. The average Bonchev–Trinajstić information content (AvgIpc) is 2.92. The van der Waals surface area contributed by atoms with Crippen molar-refractivity contribution in [3.8, 4) is 0 Å². The van der Waals surface area contributed by atoms with Crippen molar-refractivity contribution in [2.45, 2.75) is 52.2 Å². The molecule has 2 heterocycles. The van der Waals surface area contributed by atoms with Crippen LogP contribution in [0.3, 0.4) is 0 Å². The minimum absolute atomic E-state index is 0.0000361. The molecule has 0 radical (unpaired) electrons. The highest BCUT2D eigenvalue weighted by Crippen LogP contribution is 2.33. The van der Waals surface area contributed by atoms with Gasteiger partial charge in [-0.15, -0.1) is 10.2 Å². The summed E-state index contributed by atoms with van der Waals surface area (Å²) in [5.74, 6) is 1.84. The van der Waals surface area contributed by atoms with Gasteiger partial charge in [-0.3, -0.25) is 0 Å². The van der Waals surface area contributed by atoms with Crippen molar-refractivity contribution in [3.05, 3.63) is 11.8 Å². The number of nitrogens with zero attached hydrogens (tertiary/aromatic N) is 2. The second kappa shape index (κ2) is 6.29. The Bertz CT molecular complexity index is 365. The summed E-state index contributed by atoms with van der Waals surface area (Å²) in [6.07, 6.45) is 2.91. The lowest BCUT2D eigenvalue weighted by atomic mass is 10.0. The zero-order chi connectivity index (χ0) is 13.0. The molecule has 0 saturated carbocycles. The summed E-state index contributed by atoms with van der Waals surface area (Å²) in [7, 11) is 0. The highest BCUT2D eigenvalue weighted by molar-refractivity contribution is 4.91. The fraction of sp³-hybridized carbons (Fsp3) is 0.846. The number of aromatic nitrogens is 2. The van der Waals surface area contributed by atoms with Crippen LogP contribution >= 0.6 is 0 Å². The van der Waals surface area contributed by atoms with Gasteiger partial charge in [0.1, 0.15) is 6.10 Å². The fourth-order valence-electron chi connectivity index (χ4n) is 2.12. The molecule has 5 heteroatoms. The minimum atomic E-state index is 0.0000361. The topological polar surface area (TPSA) is 60.2 Å². The molecule has 18 heavy (non-hydrogen) atoms. The first-order valence-corrected chi connectivity index (χ1v) is 6.84. The maximum absolute atomic E-state index is 5.67. The quantitative estimate of drug-likeness (QED) is 0.787. The summed E-state index contributed by atoms with van der Waals surface area (Å²) in [5.41, 5.74) is 0. The summed E-state index contributed by atoms with van der Waals surface area (Å²) in [6, 6.07) is 0.524. The summed E-state index contributed by atoms with van der Waals surface area (Å²) in [5, 5.41) is 11.6. The van der Waals surface area contributed by atoms with Gasteiger partial charge in [0.2, 0.25) is 11.8 Å². The SMILES string of the molecule is CC(C)NCCCc1nnc(C2OCCC2C)o1. The summed E-state index contributed by atoms with van der Waals surface area (Å²) in [6.45, 7) is 8.22. The lowest BCUT2D eigenvalue weighted by molar-refractivity contribution is 0.0704. The van der Waals surface area contributed by atoms with E-state index in [4.69, 9.17) is 9.15 Å². The standard InChI is InChI=1S/C13H23N3O2/c1-9(2)14-7-4-5-11-15-16-13(18-11)12-10(3)6-8-17-12/h9-10,12,14H,4-8H2,1-3H3. The molecule has 1 aliphatic heterocycles. The number of ether oxygens (including phenoxy) is 1. The maximum atomic E-state index is 5.67. The van der Waals surface area contributed by atoms with Gasteiger partial charge in [-0.1, -0.05) is 20.8 Å². The molecule has 1 saturated heterocycles. The highest BCUT2D eigenvalue weighted by atomic mass is 16.5. The van der Waals surface area contributed by atoms with Gasteiger partial charge in [0, 0.05) is 19.1 Å². The zero-order valence-corrected chi connectivity index (χ0v) is 11.5. The summed E-state index contributed by atoms with van der Waals surface area (Å²) >= 11 is 0. The number of nitrogens with one attached hydrogen (secondary N) is 1. The molecule has 102 valence electrons. The van der Waals surface area contributed by atoms with Crippen LogP contribution < -0.4 is 5.32 Å². The Kier molecular flexibility index (Phi) is 4.72. The van der Waals surface area contributed by atoms with Crippen LogP contribution in [0.1, 0.15) is 51.5 Å². The van der Waals surface area contributed by atoms with Crippen molar-refractivity contribution < 1.29 is 9.15 Å². The molecule has 1 aromatic heterocycles. The summed E-state index contributed by atoms with van der Waals surface area (Å²) < 4.78 is 11.3. The predicted molar refractivity (Wildman–Crippen MR) is 68.2 cm³/mol. The Morgan fingerprint density at radius 1 is 1.39 bits per heavy atom. The number of hydrogen-bond donors (Lipinski definition) is 1. The van der Waals surface area contributed by atoms with Crippen LogP contribution in [0.2, 0.25) is 0 Å². The third-order valence-corrected chi connectivity index (χ3v) is 3.23. The third-order valence-electron chi connectivity index (χ3n) is 3.23. The van der Waals surface area contributed by atoms with Crippen LogP contribution in [0.25, 0.3) is 0 Å². The van der Waals surface area contributed by atoms with Gasteiger partial charge < -0.3 is 14.5 Å². The number of rotatable bonds is 6. The van der Waals surface area contributed by atoms with Gasteiger partial charge in [-0.25, -0.2) is 0 Å². The molecule has 0 aromatic carbocycles. The van der Waals surface area contributed by atoms with Crippen molar-refractivity contribution in [1.82, 2.24) is 15.5 Å². The van der Waals surface area contributed by atoms with Crippen molar-refractivity contribution in [2.75, 3.05) is 13.2 Å². The minimum Gasteiger partial charge on any atom is -0.422 e. The van der Waals surface area contributed by atoms with E-state index in [2.05, 4.69) is 36.3 Å². The van der Waals surface area contributed by atoms with Crippen LogP contribution in [-0.2, 0) is 11.2 Å². The first-order valence-electron chi connectivity index (χ1n) is 6.84. The van der Waals surface area contributed by atoms with Crippen LogP contribution in [0.5, 0.6) is 0 Å². The Morgan fingerprint density at radius 2 is 2.22 bits per heavy atom. The molecule has 0 amide bonds. The van der Waals surface area contributed by atoms with Crippen LogP contribution in [0.15, 0.2) is 4.42 Å². The van der Waals surface area contributed by atoms with E-state index in [1.165, 1.54) is 0 Å².